The lowest BCUT2D eigenvalue weighted by Gasteiger charge is -2.41. The van der Waals surface area contributed by atoms with E-state index in [9.17, 15) is 18.0 Å². The van der Waals surface area contributed by atoms with Crippen LogP contribution in [0.3, 0.4) is 0 Å². The summed E-state index contributed by atoms with van der Waals surface area (Å²) in [5.41, 5.74) is 3.73. The van der Waals surface area contributed by atoms with Gasteiger partial charge < -0.3 is 10.1 Å². The Morgan fingerprint density at radius 2 is 1.82 bits per heavy atom. The van der Waals surface area contributed by atoms with Gasteiger partial charge in [0.25, 0.3) is 0 Å². The Labute approximate surface area is 235 Å². The van der Waals surface area contributed by atoms with E-state index in [4.69, 9.17) is 16.3 Å². The summed E-state index contributed by atoms with van der Waals surface area (Å²) in [6, 6.07) is 10.8. The zero-order valence-corrected chi connectivity index (χ0v) is 24.5. The largest absolute Gasteiger partial charge is 0.463 e. The summed E-state index contributed by atoms with van der Waals surface area (Å²) >= 11 is 5.94. The van der Waals surface area contributed by atoms with Crippen LogP contribution in [0.1, 0.15) is 36.6 Å². The first-order valence-electron chi connectivity index (χ1n) is 12.9. The number of esters is 1. The van der Waals surface area contributed by atoms with Crippen molar-refractivity contribution < 1.29 is 22.7 Å². The van der Waals surface area contributed by atoms with Crippen LogP contribution in [0.2, 0.25) is 5.02 Å². The van der Waals surface area contributed by atoms with Gasteiger partial charge in [0.1, 0.15) is 0 Å². The van der Waals surface area contributed by atoms with Crippen molar-refractivity contribution in [2.45, 2.75) is 44.7 Å². The maximum Gasteiger partial charge on any atom is 0.338 e. The van der Waals surface area contributed by atoms with Gasteiger partial charge in [-0.2, -0.15) is 4.31 Å². The molecule has 11 heteroatoms. The second-order valence-corrected chi connectivity index (χ2v) is 12.4. The average Bonchev–Trinajstić information content (AvgIpc) is 2.88. The predicted octanol–water partition coefficient (Wildman–Crippen LogP) is 3.87. The lowest BCUT2D eigenvalue weighted by Crippen LogP contribution is -2.56. The van der Waals surface area contributed by atoms with Crippen LogP contribution in [0, 0.1) is 13.8 Å². The normalized spacial score (nSPS) is 21.2. The fourth-order valence-electron chi connectivity index (χ4n) is 5.17. The Hall–Kier alpha value is -2.92. The minimum Gasteiger partial charge on any atom is -0.463 e. The number of amides is 2. The van der Waals surface area contributed by atoms with Gasteiger partial charge in [-0.15, -0.1) is 0 Å². The first-order valence-corrected chi connectivity index (χ1v) is 14.8. The Kier molecular flexibility index (Phi) is 8.70. The van der Waals surface area contributed by atoms with Crippen molar-refractivity contribution in [3.8, 4) is 0 Å². The van der Waals surface area contributed by atoms with Crippen LogP contribution in [-0.4, -0.2) is 80.4 Å². The van der Waals surface area contributed by atoms with Crippen LogP contribution in [-0.2, 0) is 19.6 Å². The molecule has 39 heavy (non-hydrogen) atoms. The quantitative estimate of drug-likeness (QED) is 0.504. The van der Waals surface area contributed by atoms with Crippen molar-refractivity contribution in [2.75, 3.05) is 39.8 Å². The molecule has 0 spiro atoms. The molecule has 1 saturated heterocycles. The van der Waals surface area contributed by atoms with Crippen LogP contribution >= 0.6 is 11.6 Å². The molecule has 0 saturated carbocycles. The molecular weight excluding hydrogens is 540 g/mol. The molecule has 1 N–H and O–H groups in total. The minimum atomic E-state index is -3.70. The molecule has 9 nitrogen and oxygen atoms in total. The zero-order chi connectivity index (χ0) is 28.5. The molecule has 2 aromatic carbocycles. The van der Waals surface area contributed by atoms with E-state index in [0.717, 1.165) is 16.7 Å². The smallest absolute Gasteiger partial charge is 0.338 e. The number of likely N-dealkylation sites (N-methyl/N-ethyl adjacent to an activating group) is 1. The number of hydrogen-bond acceptors (Lipinski definition) is 6. The number of rotatable bonds is 7. The second-order valence-electron chi connectivity index (χ2n) is 10.0. The lowest BCUT2D eigenvalue weighted by molar-refractivity contribution is -0.139. The van der Waals surface area contributed by atoms with Crippen molar-refractivity contribution >= 4 is 33.6 Å². The van der Waals surface area contributed by atoms with Gasteiger partial charge in [0, 0.05) is 50.0 Å². The van der Waals surface area contributed by atoms with Gasteiger partial charge in [0.2, 0.25) is 10.0 Å². The van der Waals surface area contributed by atoms with E-state index in [1.165, 1.54) is 21.3 Å². The lowest BCUT2D eigenvalue weighted by atomic mass is 9.90. The Morgan fingerprint density at radius 3 is 2.46 bits per heavy atom. The maximum absolute atomic E-state index is 13.3. The number of sulfonamides is 1. The Morgan fingerprint density at radius 1 is 1.13 bits per heavy atom. The van der Waals surface area contributed by atoms with Gasteiger partial charge in [-0.1, -0.05) is 35.4 Å². The van der Waals surface area contributed by atoms with Crippen LogP contribution in [0.25, 0.3) is 0 Å². The number of carbonyl (C=O) groups excluding carboxylic acids is 2. The number of aryl methyl sites for hydroxylation is 2. The summed E-state index contributed by atoms with van der Waals surface area (Å²) in [6.07, 6.45) is 0. The van der Waals surface area contributed by atoms with Crippen LogP contribution in [0.4, 0.5) is 4.79 Å². The highest BCUT2D eigenvalue weighted by molar-refractivity contribution is 7.89. The van der Waals surface area contributed by atoms with Gasteiger partial charge in [0.15, 0.2) is 0 Å². The standard InChI is InChI=1S/C28H35ClN4O5S/c1-6-38-27(34)25-24(31(5)28(35)30-26(25)23-15-18(2)7-8-19(23)3)17-32-13-14-33(20(4)16-32)39(36,37)22-11-9-21(29)10-12-22/h7-12,15,20,26H,6,13-14,16-17H2,1-5H3,(H,30,35)/t20-,26+/m0/s1. The molecule has 210 valence electrons. The average molecular weight is 575 g/mol. The molecule has 0 aromatic heterocycles. The molecular formula is C28H35ClN4O5S. The van der Waals surface area contributed by atoms with Gasteiger partial charge in [-0.05, 0) is 63.1 Å². The topological polar surface area (TPSA) is 99.3 Å². The number of ether oxygens (including phenoxy) is 1. The monoisotopic (exact) mass is 574 g/mol. The van der Waals surface area contributed by atoms with E-state index in [1.807, 2.05) is 39.0 Å². The first kappa shape index (κ1) is 29.1. The van der Waals surface area contributed by atoms with E-state index in [2.05, 4.69) is 10.2 Å². The molecule has 2 aliphatic heterocycles. The SMILES string of the molecule is CCOC(=O)C1=C(CN2CCN(S(=O)(=O)c3ccc(Cl)cc3)[C@@H](C)C2)N(C)C(=O)N[C@@H]1c1cc(C)ccc1C. The molecule has 4 rings (SSSR count). The summed E-state index contributed by atoms with van der Waals surface area (Å²) in [7, 11) is -2.07. The Bertz CT molecular complexity index is 1390. The molecule has 1 fully saturated rings. The highest BCUT2D eigenvalue weighted by atomic mass is 35.5. The number of piperazine rings is 1. The molecule has 0 radical (unpaired) electrons. The summed E-state index contributed by atoms with van der Waals surface area (Å²) in [6.45, 7) is 9.14. The summed E-state index contributed by atoms with van der Waals surface area (Å²) in [5.74, 6) is -0.484. The molecule has 2 atom stereocenters. The van der Waals surface area contributed by atoms with Gasteiger partial charge in [0.05, 0.1) is 23.1 Å². The van der Waals surface area contributed by atoms with Crippen molar-refractivity contribution in [3.63, 3.8) is 0 Å². The number of nitrogens with one attached hydrogen (secondary N) is 1. The van der Waals surface area contributed by atoms with Gasteiger partial charge >= 0.3 is 12.0 Å². The number of nitrogens with zero attached hydrogens (tertiary/aromatic N) is 3. The van der Waals surface area contributed by atoms with E-state index >= 15 is 0 Å². The molecule has 2 heterocycles. The fourth-order valence-corrected chi connectivity index (χ4v) is 6.91. The Balaban J connectivity index is 1.65. The van der Waals surface area contributed by atoms with E-state index in [1.54, 1.807) is 26.1 Å². The number of urea groups is 1. The minimum absolute atomic E-state index is 0.194. The van der Waals surface area contributed by atoms with Gasteiger partial charge in [-0.3, -0.25) is 9.80 Å². The van der Waals surface area contributed by atoms with Crippen LogP contribution in [0.5, 0.6) is 0 Å². The number of hydrogen-bond donors (Lipinski definition) is 1. The van der Waals surface area contributed by atoms with Crippen LogP contribution < -0.4 is 5.32 Å². The number of carbonyl (C=O) groups is 2. The summed E-state index contributed by atoms with van der Waals surface area (Å²) in [5, 5.41) is 3.45. The second kappa shape index (κ2) is 11.7. The zero-order valence-electron chi connectivity index (χ0n) is 22.9. The molecule has 0 bridgehead atoms. The van der Waals surface area contributed by atoms with E-state index in [0.29, 0.717) is 35.9 Å². The number of benzene rings is 2. The third-order valence-electron chi connectivity index (χ3n) is 7.26. The molecule has 0 aliphatic carbocycles. The third kappa shape index (κ3) is 5.99. The van der Waals surface area contributed by atoms with Crippen molar-refractivity contribution in [3.05, 3.63) is 75.4 Å². The summed E-state index contributed by atoms with van der Waals surface area (Å²) in [4.78, 5) is 30.2. The molecule has 2 aliphatic rings. The predicted molar refractivity (Wildman–Crippen MR) is 150 cm³/mol. The first-order chi connectivity index (χ1) is 18.4. The van der Waals surface area contributed by atoms with Crippen molar-refractivity contribution in [1.29, 1.82) is 0 Å². The third-order valence-corrected chi connectivity index (χ3v) is 9.54. The van der Waals surface area contributed by atoms with Gasteiger partial charge in [-0.25, -0.2) is 18.0 Å². The van der Waals surface area contributed by atoms with Crippen molar-refractivity contribution in [1.82, 2.24) is 19.4 Å². The molecule has 2 aromatic rings. The highest BCUT2D eigenvalue weighted by Crippen LogP contribution is 2.34. The van der Waals surface area contributed by atoms with E-state index < -0.39 is 22.0 Å². The highest BCUT2D eigenvalue weighted by Gasteiger charge is 2.40. The number of halogens is 1. The van der Waals surface area contributed by atoms with Crippen LogP contribution in [0.15, 0.2) is 58.6 Å². The van der Waals surface area contributed by atoms with E-state index in [-0.39, 0.29) is 30.1 Å². The van der Waals surface area contributed by atoms with Crippen molar-refractivity contribution in [2.24, 2.45) is 0 Å². The fraction of sp³-hybridized carbons (Fsp3) is 0.429. The molecule has 2 amide bonds. The molecule has 0 unspecified atom stereocenters. The summed E-state index contributed by atoms with van der Waals surface area (Å²) < 4.78 is 33.6. The maximum atomic E-state index is 13.3.